The number of nitrogens with zero attached hydrogens (tertiary/aromatic N) is 2. The van der Waals surface area contributed by atoms with Gasteiger partial charge in [0.15, 0.2) is 0 Å². The SMILES string of the molecule is CC(C)NC(=O)N(CCN(C)C)c1cccc(C(F)(F)F)c1. The van der Waals surface area contributed by atoms with Gasteiger partial charge in [0.1, 0.15) is 0 Å². The van der Waals surface area contributed by atoms with Crippen LogP contribution in [0, 0.1) is 0 Å². The zero-order valence-corrected chi connectivity index (χ0v) is 13.2. The van der Waals surface area contributed by atoms with Gasteiger partial charge in [-0.15, -0.1) is 0 Å². The molecule has 4 nitrogen and oxygen atoms in total. The van der Waals surface area contributed by atoms with E-state index in [1.807, 2.05) is 19.0 Å². The van der Waals surface area contributed by atoms with Crippen molar-refractivity contribution in [2.24, 2.45) is 0 Å². The predicted molar refractivity (Wildman–Crippen MR) is 81.0 cm³/mol. The molecule has 0 heterocycles. The Bertz CT molecular complexity index is 501. The van der Waals surface area contributed by atoms with Gasteiger partial charge >= 0.3 is 12.2 Å². The fourth-order valence-corrected chi connectivity index (χ4v) is 1.82. The molecular formula is C15H22F3N3O. The number of carbonyl (C=O) groups excluding carboxylic acids is 1. The summed E-state index contributed by atoms with van der Waals surface area (Å²) in [6, 6.07) is 4.30. The lowest BCUT2D eigenvalue weighted by Crippen LogP contribution is -2.45. The van der Waals surface area contributed by atoms with Crippen molar-refractivity contribution in [3.05, 3.63) is 29.8 Å². The lowest BCUT2D eigenvalue weighted by molar-refractivity contribution is -0.137. The number of carbonyl (C=O) groups is 1. The van der Waals surface area contributed by atoms with Crippen LogP contribution in [0.1, 0.15) is 19.4 Å². The maximum absolute atomic E-state index is 12.8. The number of hydrogen-bond donors (Lipinski definition) is 1. The van der Waals surface area contributed by atoms with Crippen LogP contribution in [-0.4, -0.2) is 44.2 Å². The van der Waals surface area contributed by atoms with Gasteiger partial charge in [0.05, 0.1) is 5.56 Å². The summed E-state index contributed by atoms with van der Waals surface area (Å²) in [5.41, 5.74) is -0.535. The molecule has 0 unspecified atom stereocenters. The van der Waals surface area contributed by atoms with Gasteiger partial charge in [-0.3, -0.25) is 4.90 Å². The highest BCUT2D eigenvalue weighted by Gasteiger charge is 2.31. The summed E-state index contributed by atoms with van der Waals surface area (Å²) in [4.78, 5) is 15.4. The Hall–Kier alpha value is -1.76. The number of benzene rings is 1. The van der Waals surface area contributed by atoms with E-state index in [1.165, 1.54) is 17.0 Å². The molecule has 0 aliphatic carbocycles. The number of hydrogen-bond acceptors (Lipinski definition) is 2. The van der Waals surface area contributed by atoms with Crippen molar-refractivity contribution in [3.8, 4) is 0 Å². The maximum atomic E-state index is 12.8. The monoisotopic (exact) mass is 317 g/mol. The summed E-state index contributed by atoms with van der Waals surface area (Å²) in [5.74, 6) is 0. The van der Waals surface area contributed by atoms with Crippen molar-refractivity contribution in [1.82, 2.24) is 10.2 Å². The Morgan fingerprint density at radius 3 is 2.36 bits per heavy atom. The summed E-state index contributed by atoms with van der Waals surface area (Å²) in [6.07, 6.45) is -4.43. The Balaban J connectivity index is 3.07. The molecule has 124 valence electrons. The van der Waals surface area contributed by atoms with Gasteiger partial charge in [0.25, 0.3) is 0 Å². The van der Waals surface area contributed by atoms with Crippen LogP contribution in [0.3, 0.4) is 0 Å². The smallest absolute Gasteiger partial charge is 0.336 e. The summed E-state index contributed by atoms with van der Waals surface area (Å²) < 4.78 is 38.5. The number of likely N-dealkylation sites (N-methyl/N-ethyl adjacent to an activating group) is 1. The van der Waals surface area contributed by atoms with Gasteiger partial charge in [0.2, 0.25) is 0 Å². The fourth-order valence-electron chi connectivity index (χ4n) is 1.82. The zero-order chi connectivity index (χ0) is 16.9. The molecular weight excluding hydrogens is 295 g/mol. The molecule has 0 aliphatic heterocycles. The number of amides is 2. The fraction of sp³-hybridized carbons (Fsp3) is 0.533. The molecule has 22 heavy (non-hydrogen) atoms. The second kappa shape index (κ2) is 7.49. The number of rotatable bonds is 5. The van der Waals surface area contributed by atoms with Gasteiger partial charge in [-0.05, 0) is 46.1 Å². The highest BCUT2D eigenvalue weighted by Crippen LogP contribution is 2.31. The van der Waals surface area contributed by atoms with Crippen LogP contribution in [0.5, 0.6) is 0 Å². The van der Waals surface area contributed by atoms with Crippen molar-refractivity contribution in [1.29, 1.82) is 0 Å². The largest absolute Gasteiger partial charge is 0.416 e. The van der Waals surface area contributed by atoms with Gasteiger partial charge in [-0.2, -0.15) is 13.2 Å². The molecule has 1 N–H and O–H groups in total. The lowest BCUT2D eigenvalue weighted by atomic mass is 10.2. The summed E-state index contributed by atoms with van der Waals surface area (Å²) in [7, 11) is 3.68. The topological polar surface area (TPSA) is 35.6 Å². The van der Waals surface area contributed by atoms with Crippen LogP contribution >= 0.6 is 0 Å². The average Bonchev–Trinajstić information content (AvgIpc) is 2.37. The van der Waals surface area contributed by atoms with Gasteiger partial charge < -0.3 is 10.2 Å². The molecule has 0 spiro atoms. The standard InChI is InChI=1S/C15H22F3N3O/c1-11(2)19-14(22)21(9-8-20(3)4)13-7-5-6-12(10-13)15(16,17)18/h5-7,10-11H,8-9H2,1-4H3,(H,19,22). The number of urea groups is 1. The van der Waals surface area contributed by atoms with E-state index >= 15 is 0 Å². The first-order valence-electron chi connectivity index (χ1n) is 7.01. The van der Waals surface area contributed by atoms with E-state index in [0.717, 1.165) is 12.1 Å². The van der Waals surface area contributed by atoms with E-state index in [0.29, 0.717) is 13.1 Å². The highest BCUT2D eigenvalue weighted by molar-refractivity contribution is 5.92. The molecule has 0 radical (unpaired) electrons. The first-order chi connectivity index (χ1) is 10.1. The number of anilines is 1. The molecule has 0 aromatic heterocycles. The Kier molecular flexibility index (Phi) is 6.22. The molecule has 0 saturated heterocycles. The molecule has 2 amide bonds. The van der Waals surface area contributed by atoms with E-state index in [2.05, 4.69) is 5.32 Å². The Labute approximate surface area is 128 Å². The number of halogens is 3. The van der Waals surface area contributed by atoms with Crippen molar-refractivity contribution in [3.63, 3.8) is 0 Å². The third-order valence-electron chi connectivity index (χ3n) is 2.91. The van der Waals surface area contributed by atoms with E-state index in [-0.39, 0.29) is 11.7 Å². The second-order valence-electron chi connectivity index (χ2n) is 5.61. The van der Waals surface area contributed by atoms with Crippen LogP contribution in [0.2, 0.25) is 0 Å². The van der Waals surface area contributed by atoms with Crippen molar-refractivity contribution < 1.29 is 18.0 Å². The predicted octanol–water partition coefficient (Wildman–Crippen LogP) is 3.19. The molecule has 0 atom stereocenters. The number of alkyl halides is 3. The molecule has 7 heteroatoms. The third-order valence-corrected chi connectivity index (χ3v) is 2.91. The van der Waals surface area contributed by atoms with Crippen LogP contribution in [0.4, 0.5) is 23.7 Å². The second-order valence-corrected chi connectivity index (χ2v) is 5.61. The molecule has 0 fully saturated rings. The molecule has 1 aromatic carbocycles. The minimum atomic E-state index is -4.43. The number of nitrogens with one attached hydrogen (secondary N) is 1. The van der Waals surface area contributed by atoms with Crippen LogP contribution in [0.25, 0.3) is 0 Å². The zero-order valence-electron chi connectivity index (χ0n) is 13.2. The third kappa shape index (κ3) is 5.55. The quantitative estimate of drug-likeness (QED) is 0.905. The first kappa shape index (κ1) is 18.3. The maximum Gasteiger partial charge on any atom is 0.416 e. The molecule has 1 aromatic rings. The molecule has 0 bridgehead atoms. The van der Waals surface area contributed by atoms with E-state index < -0.39 is 17.8 Å². The van der Waals surface area contributed by atoms with Crippen LogP contribution < -0.4 is 10.2 Å². The Morgan fingerprint density at radius 2 is 1.86 bits per heavy atom. The van der Waals surface area contributed by atoms with Crippen molar-refractivity contribution in [2.45, 2.75) is 26.1 Å². The Morgan fingerprint density at radius 1 is 1.23 bits per heavy atom. The van der Waals surface area contributed by atoms with Crippen LogP contribution in [0.15, 0.2) is 24.3 Å². The highest BCUT2D eigenvalue weighted by atomic mass is 19.4. The lowest BCUT2D eigenvalue weighted by Gasteiger charge is -2.26. The van der Waals surface area contributed by atoms with Crippen molar-refractivity contribution in [2.75, 3.05) is 32.1 Å². The van der Waals surface area contributed by atoms with Gasteiger partial charge in [0, 0.05) is 24.8 Å². The summed E-state index contributed by atoms with van der Waals surface area (Å²) >= 11 is 0. The minimum Gasteiger partial charge on any atom is -0.336 e. The summed E-state index contributed by atoms with van der Waals surface area (Å²) in [5, 5.41) is 2.71. The van der Waals surface area contributed by atoms with Crippen LogP contribution in [-0.2, 0) is 6.18 Å². The van der Waals surface area contributed by atoms with Crippen molar-refractivity contribution >= 4 is 11.7 Å². The minimum absolute atomic E-state index is 0.0971. The summed E-state index contributed by atoms with van der Waals surface area (Å²) in [6.45, 7) is 4.44. The average molecular weight is 317 g/mol. The van der Waals surface area contributed by atoms with E-state index in [1.54, 1.807) is 13.8 Å². The molecule has 0 saturated carbocycles. The molecule has 0 aliphatic rings. The molecule has 1 rings (SSSR count). The van der Waals surface area contributed by atoms with Gasteiger partial charge in [-0.1, -0.05) is 6.07 Å². The van der Waals surface area contributed by atoms with Gasteiger partial charge in [-0.25, -0.2) is 4.79 Å². The van der Waals surface area contributed by atoms with E-state index in [9.17, 15) is 18.0 Å². The first-order valence-corrected chi connectivity index (χ1v) is 7.01. The normalized spacial score (nSPS) is 11.9. The van der Waals surface area contributed by atoms with E-state index in [4.69, 9.17) is 0 Å².